The summed E-state index contributed by atoms with van der Waals surface area (Å²) < 4.78 is 1.36. The molecule has 0 bridgehead atoms. The van der Waals surface area contributed by atoms with Crippen LogP contribution >= 0.6 is 11.3 Å². The third-order valence-electron chi connectivity index (χ3n) is 5.39. The maximum atomic E-state index is 13.5. The Labute approximate surface area is 188 Å². The lowest BCUT2D eigenvalue weighted by molar-refractivity contribution is -0.120. The van der Waals surface area contributed by atoms with Crippen LogP contribution in [0.2, 0.25) is 0 Å². The summed E-state index contributed by atoms with van der Waals surface area (Å²) in [5.74, 6) is -2.75. The Kier molecular flexibility index (Phi) is 5.75. The molecule has 4 aromatic rings. The summed E-state index contributed by atoms with van der Waals surface area (Å²) >= 11 is 1.37. The fourth-order valence-electron chi connectivity index (χ4n) is 3.77. The lowest BCUT2D eigenvalue weighted by atomic mass is 9.81. The number of aromatic amines is 1. The topological polar surface area (TPSA) is 118 Å². The fourth-order valence-corrected chi connectivity index (χ4v) is 4.65. The van der Waals surface area contributed by atoms with E-state index in [9.17, 15) is 14.9 Å². The molecule has 2 unspecified atom stereocenters. The molecule has 2 atom stereocenters. The van der Waals surface area contributed by atoms with Gasteiger partial charge in [-0.2, -0.15) is 9.94 Å². The van der Waals surface area contributed by atoms with Gasteiger partial charge in [-0.25, -0.2) is 4.98 Å². The average Bonchev–Trinajstić information content (AvgIpc) is 3.38. The van der Waals surface area contributed by atoms with Crippen LogP contribution in [0, 0.1) is 31.1 Å². The monoisotopic (exact) mass is 443 g/mol. The van der Waals surface area contributed by atoms with E-state index in [1.807, 2.05) is 43.3 Å². The molecule has 2 aromatic heterocycles. The minimum atomic E-state index is -1.19. The van der Waals surface area contributed by atoms with Crippen LogP contribution in [0.3, 0.4) is 0 Å². The van der Waals surface area contributed by atoms with Crippen molar-refractivity contribution < 1.29 is 4.79 Å². The zero-order chi connectivity index (χ0) is 22.8. The highest BCUT2D eigenvalue weighted by atomic mass is 32.1. The van der Waals surface area contributed by atoms with Crippen LogP contribution in [0.5, 0.6) is 0 Å². The van der Waals surface area contributed by atoms with E-state index in [0.717, 1.165) is 16.0 Å². The third-order valence-corrected chi connectivity index (χ3v) is 6.42. The molecule has 0 aliphatic rings. The number of carbonyl (C=O) groups is 1. The van der Waals surface area contributed by atoms with Crippen LogP contribution < -0.4 is 11.3 Å². The Morgan fingerprint density at radius 3 is 2.47 bits per heavy atom. The second kappa shape index (κ2) is 8.65. The van der Waals surface area contributed by atoms with Crippen LogP contribution in [-0.2, 0) is 4.79 Å². The molecule has 3 N–H and O–H groups in total. The second-order valence-electron chi connectivity index (χ2n) is 7.56. The highest BCUT2D eigenvalue weighted by Crippen LogP contribution is 2.33. The number of carbonyl (C=O) groups excluding carboxylic acids is 1. The molecule has 2 heterocycles. The lowest BCUT2D eigenvalue weighted by Gasteiger charge is -2.19. The van der Waals surface area contributed by atoms with Gasteiger partial charge in [-0.15, -0.1) is 0 Å². The summed E-state index contributed by atoms with van der Waals surface area (Å²) in [6.45, 7) is 3.77. The number of aryl methyl sites for hydroxylation is 2. The summed E-state index contributed by atoms with van der Waals surface area (Å²) in [5.41, 5.74) is 8.89. The number of nitrogens with one attached hydrogen (secondary N) is 1. The summed E-state index contributed by atoms with van der Waals surface area (Å²) in [6.07, 6.45) is 1.73. The van der Waals surface area contributed by atoms with Gasteiger partial charge in [0.2, 0.25) is 11.0 Å². The number of hydrogen-bond donors (Lipinski definition) is 2. The predicted octanol–water partition coefficient (Wildman–Crippen LogP) is 3.66. The van der Waals surface area contributed by atoms with E-state index in [4.69, 9.17) is 5.73 Å². The number of benzene rings is 2. The minimum absolute atomic E-state index is 0.327. The first-order valence-electron chi connectivity index (χ1n) is 9.99. The van der Waals surface area contributed by atoms with E-state index >= 15 is 0 Å². The largest absolute Gasteiger partial charge is 0.369 e. The number of H-pyrrole nitrogens is 1. The van der Waals surface area contributed by atoms with E-state index in [1.165, 1.54) is 16.0 Å². The number of amides is 1. The van der Waals surface area contributed by atoms with Crippen molar-refractivity contribution in [3.63, 3.8) is 0 Å². The van der Waals surface area contributed by atoms with Gasteiger partial charge in [-0.1, -0.05) is 71.5 Å². The lowest BCUT2D eigenvalue weighted by Crippen LogP contribution is -2.31. The van der Waals surface area contributed by atoms with Gasteiger partial charge in [0.25, 0.3) is 5.56 Å². The third kappa shape index (κ3) is 3.86. The smallest absolute Gasteiger partial charge is 0.277 e. The number of aromatic nitrogens is 3. The molecule has 1 amide bonds. The highest BCUT2D eigenvalue weighted by molar-refractivity contribution is 7.17. The molecule has 4 rings (SSSR count). The Bertz CT molecular complexity index is 1360. The summed E-state index contributed by atoms with van der Waals surface area (Å²) in [5, 5.41) is 13.2. The van der Waals surface area contributed by atoms with Crippen molar-refractivity contribution in [3.8, 4) is 21.6 Å². The maximum Gasteiger partial charge on any atom is 0.277 e. The van der Waals surface area contributed by atoms with Gasteiger partial charge >= 0.3 is 0 Å². The Balaban J connectivity index is 1.82. The Hall–Kier alpha value is -3.96. The first-order chi connectivity index (χ1) is 15.4. The van der Waals surface area contributed by atoms with Crippen molar-refractivity contribution in [3.05, 3.63) is 93.5 Å². The summed E-state index contributed by atoms with van der Waals surface area (Å²) in [7, 11) is 0. The highest BCUT2D eigenvalue weighted by Gasteiger charge is 2.34. The van der Waals surface area contributed by atoms with Crippen LogP contribution in [0.4, 0.5) is 0 Å². The van der Waals surface area contributed by atoms with Crippen LogP contribution in [-0.4, -0.2) is 20.7 Å². The number of primary amides is 1. The van der Waals surface area contributed by atoms with Crippen molar-refractivity contribution in [2.75, 3.05) is 0 Å². The molecule has 0 aliphatic heterocycles. The van der Waals surface area contributed by atoms with Crippen molar-refractivity contribution >= 4 is 17.2 Å². The van der Waals surface area contributed by atoms with Gasteiger partial charge in [-0.05, 0) is 25.0 Å². The number of thiazole rings is 1. The van der Waals surface area contributed by atoms with Gasteiger partial charge in [-0.3, -0.25) is 14.7 Å². The van der Waals surface area contributed by atoms with Crippen LogP contribution in [0.1, 0.15) is 28.3 Å². The molecule has 7 nitrogen and oxygen atoms in total. The SMILES string of the molecule is Cc1ccc(-c2cnc(-n3[nH]c(C)c(C(c4ccccc4)C(C#N)C(N)=O)c3=O)s2)cc1. The summed E-state index contributed by atoms with van der Waals surface area (Å²) in [4.78, 5) is 30.9. The molecule has 0 saturated heterocycles. The molecule has 32 heavy (non-hydrogen) atoms. The van der Waals surface area contributed by atoms with Gasteiger partial charge in [0.1, 0.15) is 5.92 Å². The van der Waals surface area contributed by atoms with Crippen molar-refractivity contribution in [2.24, 2.45) is 11.7 Å². The zero-order valence-corrected chi connectivity index (χ0v) is 18.4. The number of nitrogens with zero attached hydrogens (tertiary/aromatic N) is 3. The molecule has 8 heteroatoms. The molecule has 0 saturated carbocycles. The Morgan fingerprint density at radius 2 is 1.84 bits per heavy atom. The second-order valence-corrected chi connectivity index (χ2v) is 8.57. The van der Waals surface area contributed by atoms with Crippen molar-refractivity contribution in [2.45, 2.75) is 19.8 Å². The number of nitriles is 1. The number of nitrogens with two attached hydrogens (primary N) is 1. The van der Waals surface area contributed by atoms with Crippen LogP contribution in [0.25, 0.3) is 15.6 Å². The van der Waals surface area contributed by atoms with E-state index in [0.29, 0.717) is 22.0 Å². The van der Waals surface area contributed by atoms with E-state index < -0.39 is 17.7 Å². The van der Waals surface area contributed by atoms with E-state index in [1.54, 1.807) is 37.4 Å². The van der Waals surface area contributed by atoms with Gasteiger partial charge in [0.15, 0.2) is 0 Å². The fraction of sp³-hybridized carbons (Fsp3) is 0.167. The maximum absolute atomic E-state index is 13.5. The molecule has 0 spiro atoms. The van der Waals surface area contributed by atoms with Crippen molar-refractivity contribution in [1.82, 2.24) is 14.8 Å². The number of hydrogen-bond acceptors (Lipinski definition) is 5. The van der Waals surface area contributed by atoms with Crippen LogP contribution in [0.15, 0.2) is 65.6 Å². The minimum Gasteiger partial charge on any atom is -0.369 e. The molecule has 160 valence electrons. The standard InChI is InChI=1S/C24H21N5O2S/c1-14-8-10-16(11-9-14)19-13-27-24(32-19)29-23(31)20(15(2)28-29)21(18(12-25)22(26)30)17-6-4-3-5-7-17/h3-11,13,18,21,28H,1-2H3,(H2,26,30). The normalized spacial score (nSPS) is 12.8. The van der Waals surface area contributed by atoms with Gasteiger partial charge < -0.3 is 5.73 Å². The number of rotatable bonds is 6. The van der Waals surface area contributed by atoms with Gasteiger partial charge in [0.05, 0.1) is 10.9 Å². The predicted molar refractivity (Wildman–Crippen MR) is 124 cm³/mol. The van der Waals surface area contributed by atoms with E-state index in [-0.39, 0.29) is 5.56 Å². The Morgan fingerprint density at radius 1 is 1.16 bits per heavy atom. The first kappa shape index (κ1) is 21.3. The van der Waals surface area contributed by atoms with Crippen molar-refractivity contribution in [1.29, 1.82) is 5.26 Å². The zero-order valence-electron chi connectivity index (χ0n) is 17.6. The quantitative estimate of drug-likeness (QED) is 0.473. The molecule has 0 fully saturated rings. The first-order valence-corrected chi connectivity index (χ1v) is 10.8. The van der Waals surface area contributed by atoms with E-state index in [2.05, 4.69) is 10.1 Å². The average molecular weight is 444 g/mol. The molecular weight excluding hydrogens is 422 g/mol. The van der Waals surface area contributed by atoms with Gasteiger partial charge in [0, 0.05) is 23.4 Å². The molecule has 2 aromatic carbocycles. The molecule has 0 aliphatic carbocycles. The molecular formula is C24H21N5O2S. The molecule has 0 radical (unpaired) electrons. The summed E-state index contributed by atoms with van der Waals surface area (Å²) in [6, 6.07) is 19.0.